The molecule has 0 aliphatic heterocycles. The number of H-pyrrole nitrogens is 1. The molecule has 0 aliphatic carbocycles. The highest BCUT2D eigenvalue weighted by Crippen LogP contribution is 2.14. The van der Waals surface area contributed by atoms with Gasteiger partial charge in [0.15, 0.2) is 6.61 Å². The van der Waals surface area contributed by atoms with E-state index in [1.165, 1.54) is 6.33 Å². The molecule has 0 aliphatic rings. The van der Waals surface area contributed by atoms with Crippen LogP contribution < -0.4 is 5.32 Å². The Morgan fingerprint density at radius 2 is 2.31 bits per heavy atom. The monoisotopic (exact) mass is 237 g/mol. The lowest BCUT2D eigenvalue weighted by molar-refractivity contribution is -0.160. The van der Waals surface area contributed by atoms with Crippen molar-refractivity contribution in [1.29, 1.82) is 0 Å². The number of amides is 1. The minimum absolute atomic E-state index is 0.179. The van der Waals surface area contributed by atoms with Crippen LogP contribution in [0, 0.1) is 0 Å². The van der Waals surface area contributed by atoms with E-state index in [0.717, 1.165) is 5.69 Å². The molecule has 0 saturated carbocycles. The van der Waals surface area contributed by atoms with Crippen LogP contribution in [0.2, 0.25) is 0 Å². The van der Waals surface area contributed by atoms with Gasteiger partial charge in [0.25, 0.3) is 0 Å². The molecule has 0 aromatic carbocycles. The number of aromatic nitrogens is 2. The van der Waals surface area contributed by atoms with Crippen molar-refractivity contribution in [1.82, 2.24) is 15.3 Å². The number of alkyl carbamates (subject to hydrolysis) is 1. The van der Waals surface area contributed by atoms with Crippen molar-refractivity contribution in [3.63, 3.8) is 0 Å². The maximum atomic E-state index is 11.6. The SMILES string of the molecule is O=C(NCCc1cnc[nH]1)OCC(F)(F)F. The highest BCUT2D eigenvalue weighted by molar-refractivity contribution is 5.67. The van der Waals surface area contributed by atoms with Gasteiger partial charge in [-0.2, -0.15) is 13.2 Å². The number of halogens is 3. The molecule has 0 radical (unpaired) electrons. The van der Waals surface area contributed by atoms with Gasteiger partial charge in [0.1, 0.15) is 0 Å². The van der Waals surface area contributed by atoms with E-state index >= 15 is 0 Å². The minimum Gasteiger partial charge on any atom is -0.440 e. The van der Waals surface area contributed by atoms with Gasteiger partial charge < -0.3 is 15.0 Å². The topological polar surface area (TPSA) is 67.0 Å². The normalized spacial score (nSPS) is 11.2. The van der Waals surface area contributed by atoms with Crippen molar-refractivity contribution in [2.45, 2.75) is 12.6 Å². The molecule has 1 heterocycles. The van der Waals surface area contributed by atoms with Crippen LogP contribution in [0.1, 0.15) is 5.69 Å². The summed E-state index contributed by atoms with van der Waals surface area (Å²) in [7, 11) is 0. The van der Waals surface area contributed by atoms with Crippen LogP contribution in [0.4, 0.5) is 18.0 Å². The molecule has 90 valence electrons. The molecule has 1 rings (SSSR count). The van der Waals surface area contributed by atoms with Crippen LogP contribution in [0.25, 0.3) is 0 Å². The second kappa shape index (κ2) is 5.38. The van der Waals surface area contributed by atoms with E-state index in [1.807, 2.05) is 0 Å². The highest BCUT2D eigenvalue weighted by Gasteiger charge is 2.29. The number of hydrogen-bond acceptors (Lipinski definition) is 3. The maximum absolute atomic E-state index is 11.6. The molecule has 1 aromatic heterocycles. The summed E-state index contributed by atoms with van der Waals surface area (Å²) in [5.74, 6) is 0. The Balaban J connectivity index is 2.11. The number of alkyl halides is 3. The highest BCUT2D eigenvalue weighted by atomic mass is 19.4. The summed E-state index contributed by atoms with van der Waals surface area (Å²) in [6.07, 6.45) is -2.11. The van der Waals surface area contributed by atoms with E-state index in [0.29, 0.717) is 6.42 Å². The number of rotatable bonds is 4. The summed E-state index contributed by atoms with van der Waals surface area (Å²) in [6.45, 7) is -1.40. The summed E-state index contributed by atoms with van der Waals surface area (Å²) in [4.78, 5) is 17.3. The lowest BCUT2D eigenvalue weighted by atomic mass is 10.3. The molecule has 0 unspecified atom stereocenters. The minimum atomic E-state index is -4.50. The smallest absolute Gasteiger partial charge is 0.422 e. The van der Waals surface area contributed by atoms with Gasteiger partial charge in [-0.15, -0.1) is 0 Å². The van der Waals surface area contributed by atoms with E-state index < -0.39 is 18.9 Å². The van der Waals surface area contributed by atoms with Crippen molar-refractivity contribution in [3.05, 3.63) is 18.2 Å². The van der Waals surface area contributed by atoms with Crippen LogP contribution in [0.3, 0.4) is 0 Å². The molecule has 8 heteroatoms. The van der Waals surface area contributed by atoms with Gasteiger partial charge in [0.2, 0.25) is 0 Å². The van der Waals surface area contributed by atoms with Gasteiger partial charge in [-0.25, -0.2) is 9.78 Å². The van der Waals surface area contributed by atoms with Crippen molar-refractivity contribution in [2.75, 3.05) is 13.2 Å². The van der Waals surface area contributed by atoms with Gasteiger partial charge >= 0.3 is 12.3 Å². The number of carbonyl (C=O) groups is 1. The molecular weight excluding hydrogens is 227 g/mol. The summed E-state index contributed by atoms with van der Waals surface area (Å²) < 4.78 is 38.9. The Morgan fingerprint density at radius 1 is 1.56 bits per heavy atom. The Labute approximate surface area is 89.0 Å². The Hall–Kier alpha value is -1.73. The van der Waals surface area contributed by atoms with Gasteiger partial charge in [-0.1, -0.05) is 0 Å². The number of hydrogen-bond donors (Lipinski definition) is 2. The molecule has 0 bridgehead atoms. The lowest BCUT2D eigenvalue weighted by Gasteiger charge is -2.08. The molecular formula is C8H10F3N3O2. The molecule has 5 nitrogen and oxygen atoms in total. The first kappa shape index (κ1) is 12.3. The van der Waals surface area contributed by atoms with Crippen LogP contribution in [-0.4, -0.2) is 35.4 Å². The largest absolute Gasteiger partial charge is 0.440 e. The van der Waals surface area contributed by atoms with E-state index in [2.05, 4.69) is 20.0 Å². The van der Waals surface area contributed by atoms with Crippen molar-refractivity contribution >= 4 is 6.09 Å². The lowest BCUT2D eigenvalue weighted by Crippen LogP contribution is -2.30. The zero-order valence-electron chi connectivity index (χ0n) is 8.17. The third kappa shape index (κ3) is 5.23. The van der Waals surface area contributed by atoms with E-state index in [4.69, 9.17) is 0 Å². The molecule has 0 saturated heterocycles. The predicted molar refractivity (Wildman–Crippen MR) is 47.7 cm³/mol. The van der Waals surface area contributed by atoms with Gasteiger partial charge in [-0.05, 0) is 0 Å². The van der Waals surface area contributed by atoms with Gasteiger partial charge in [0, 0.05) is 24.9 Å². The molecule has 1 amide bonds. The van der Waals surface area contributed by atoms with Gasteiger partial charge in [-0.3, -0.25) is 0 Å². The standard InChI is InChI=1S/C8H10F3N3O2/c9-8(10,11)4-16-7(15)13-2-1-6-3-12-5-14-6/h3,5H,1-2,4H2,(H,12,14)(H,13,15). The fraction of sp³-hybridized carbons (Fsp3) is 0.500. The number of ether oxygens (including phenoxy) is 1. The van der Waals surface area contributed by atoms with Crippen LogP contribution in [-0.2, 0) is 11.2 Å². The fourth-order valence-corrected chi connectivity index (χ4v) is 0.919. The molecule has 16 heavy (non-hydrogen) atoms. The first-order valence-corrected chi connectivity index (χ1v) is 4.42. The quantitative estimate of drug-likeness (QED) is 0.827. The molecule has 2 N–H and O–H groups in total. The Kier molecular flexibility index (Phi) is 4.15. The van der Waals surface area contributed by atoms with E-state index in [9.17, 15) is 18.0 Å². The Morgan fingerprint density at radius 3 is 2.88 bits per heavy atom. The molecule has 0 fully saturated rings. The average molecular weight is 237 g/mol. The molecule has 0 spiro atoms. The van der Waals surface area contributed by atoms with Crippen LogP contribution in [0.5, 0.6) is 0 Å². The second-order valence-electron chi connectivity index (χ2n) is 2.94. The summed E-state index contributed by atoms with van der Waals surface area (Å²) in [5.41, 5.74) is 0.774. The fourth-order valence-electron chi connectivity index (χ4n) is 0.919. The zero-order valence-corrected chi connectivity index (χ0v) is 8.17. The third-order valence-electron chi connectivity index (χ3n) is 1.59. The number of nitrogens with one attached hydrogen (secondary N) is 2. The van der Waals surface area contributed by atoms with Crippen molar-refractivity contribution < 1.29 is 22.7 Å². The molecule has 1 aromatic rings. The first-order chi connectivity index (χ1) is 7.47. The van der Waals surface area contributed by atoms with Crippen LogP contribution >= 0.6 is 0 Å². The number of nitrogens with zero attached hydrogens (tertiary/aromatic N) is 1. The zero-order chi connectivity index (χ0) is 12.0. The third-order valence-corrected chi connectivity index (χ3v) is 1.59. The first-order valence-electron chi connectivity index (χ1n) is 4.42. The second-order valence-corrected chi connectivity index (χ2v) is 2.94. The average Bonchev–Trinajstić information content (AvgIpc) is 2.66. The predicted octanol–water partition coefficient (Wildman–Crippen LogP) is 1.24. The summed E-state index contributed by atoms with van der Waals surface area (Å²) >= 11 is 0. The number of carbonyl (C=O) groups excluding carboxylic acids is 1. The number of aromatic amines is 1. The number of imidazole rings is 1. The Bertz CT molecular complexity index is 324. The van der Waals surface area contributed by atoms with E-state index in [1.54, 1.807) is 6.20 Å². The molecule has 0 atom stereocenters. The van der Waals surface area contributed by atoms with Crippen LogP contribution in [0.15, 0.2) is 12.5 Å². The van der Waals surface area contributed by atoms with Crippen molar-refractivity contribution in [3.8, 4) is 0 Å². The van der Waals surface area contributed by atoms with Gasteiger partial charge in [0.05, 0.1) is 6.33 Å². The summed E-state index contributed by atoms with van der Waals surface area (Å²) in [5, 5.41) is 2.18. The van der Waals surface area contributed by atoms with Crippen molar-refractivity contribution in [2.24, 2.45) is 0 Å². The summed E-state index contributed by atoms with van der Waals surface area (Å²) in [6, 6.07) is 0. The van der Waals surface area contributed by atoms with E-state index in [-0.39, 0.29) is 6.54 Å². The maximum Gasteiger partial charge on any atom is 0.422 e.